The van der Waals surface area contributed by atoms with E-state index in [9.17, 15) is 4.79 Å². The molecule has 0 N–H and O–H groups in total. The molecule has 35 heavy (non-hydrogen) atoms. The van der Waals surface area contributed by atoms with E-state index in [0.717, 1.165) is 39.9 Å². The average molecular weight is 472 g/mol. The Morgan fingerprint density at radius 1 is 1.00 bits per heavy atom. The van der Waals surface area contributed by atoms with Gasteiger partial charge in [0.2, 0.25) is 0 Å². The molecule has 0 spiro atoms. The molecule has 3 aromatic rings. The third-order valence-electron chi connectivity index (χ3n) is 6.51. The van der Waals surface area contributed by atoms with Crippen LogP contribution in [0.15, 0.2) is 65.7 Å². The quantitative estimate of drug-likeness (QED) is 0.535. The minimum absolute atomic E-state index is 0.0244. The summed E-state index contributed by atoms with van der Waals surface area (Å²) in [7, 11) is 3.24. The number of hydrogen-bond acceptors (Lipinski definition) is 6. The largest absolute Gasteiger partial charge is 0.497 e. The summed E-state index contributed by atoms with van der Waals surface area (Å²) in [5, 5.41) is 0. The number of para-hydroxylation sites is 1. The van der Waals surface area contributed by atoms with Crippen LogP contribution in [0.25, 0.3) is 0 Å². The second-order valence-corrected chi connectivity index (χ2v) is 8.86. The van der Waals surface area contributed by atoms with Crippen molar-refractivity contribution in [3.8, 4) is 23.0 Å². The molecule has 7 heteroatoms. The van der Waals surface area contributed by atoms with Crippen LogP contribution in [0.3, 0.4) is 0 Å². The predicted octanol–water partition coefficient (Wildman–Crippen LogP) is 5.04. The van der Waals surface area contributed by atoms with Crippen molar-refractivity contribution in [1.29, 1.82) is 0 Å². The number of rotatable bonds is 3. The van der Waals surface area contributed by atoms with Gasteiger partial charge >= 0.3 is 0 Å². The molecule has 0 aromatic heterocycles. The molecule has 1 unspecified atom stereocenters. The number of amides is 1. The topological polar surface area (TPSA) is 63.6 Å². The normalized spacial score (nSPS) is 16.9. The number of hydrogen-bond donors (Lipinski definition) is 0. The number of aliphatic imine (C=N–C) groups is 1. The summed E-state index contributed by atoms with van der Waals surface area (Å²) >= 11 is 0. The first kappa shape index (κ1) is 22.8. The van der Waals surface area contributed by atoms with Crippen LogP contribution in [0.2, 0.25) is 0 Å². The lowest BCUT2D eigenvalue weighted by Crippen LogP contribution is -2.55. The molecule has 0 aliphatic carbocycles. The number of fused-ring (bicyclic) bond motifs is 2. The first-order valence-electron chi connectivity index (χ1n) is 11.7. The van der Waals surface area contributed by atoms with E-state index in [1.165, 1.54) is 0 Å². The maximum atomic E-state index is 13.4. The highest BCUT2D eigenvalue weighted by Gasteiger charge is 2.33. The van der Waals surface area contributed by atoms with Crippen LogP contribution in [0.5, 0.6) is 23.0 Å². The standard InChI is InChI=1S/C28H29N3O4/c1-18-9-11-23-26(15-18)35-25-12-10-20(33-3)16-22(25)27(29-23)30-13-14-31(19(2)17-30)28(32)21-7-5-6-8-24(21)34-4/h5-12,15-16,19H,13-14,17H2,1-4H3. The van der Waals surface area contributed by atoms with Crippen LogP contribution >= 0.6 is 0 Å². The van der Waals surface area contributed by atoms with Crippen LogP contribution in [0, 0.1) is 6.92 Å². The fourth-order valence-electron chi connectivity index (χ4n) is 4.66. The van der Waals surface area contributed by atoms with Crippen molar-refractivity contribution in [2.75, 3.05) is 33.9 Å². The van der Waals surface area contributed by atoms with Crippen molar-refractivity contribution in [2.24, 2.45) is 4.99 Å². The van der Waals surface area contributed by atoms with Gasteiger partial charge in [-0.15, -0.1) is 0 Å². The number of methoxy groups -OCH3 is 2. The summed E-state index contributed by atoms with van der Waals surface area (Å²) < 4.78 is 17.2. The molecule has 1 atom stereocenters. The van der Waals surface area contributed by atoms with Crippen molar-refractivity contribution in [3.63, 3.8) is 0 Å². The Morgan fingerprint density at radius 2 is 1.83 bits per heavy atom. The van der Waals surface area contributed by atoms with Gasteiger partial charge < -0.3 is 24.0 Å². The Balaban J connectivity index is 1.48. The van der Waals surface area contributed by atoms with Gasteiger partial charge in [0.15, 0.2) is 5.75 Å². The number of benzene rings is 3. The van der Waals surface area contributed by atoms with Crippen LogP contribution in [-0.4, -0.2) is 61.4 Å². The molecule has 0 saturated carbocycles. The minimum Gasteiger partial charge on any atom is -0.497 e. The first-order valence-corrected chi connectivity index (χ1v) is 11.7. The van der Waals surface area contributed by atoms with Gasteiger partial charge in [-0.2, -0.15) is 0 Å². The summed E-state index contributed by atoms with van der Waals surface area (Å²) in [4.78, 5) is 22.6. The van der Waals surface area contributed by atoms with Crippen molar-refractivity contribution in [3.05, 3.63) is 77.4 Å². The van der Waals surface area contributed by atoms with E-state index in [0.29, 0.717) is 30.9 Å². The van der Waals surface area contributed by atoms with Gasteiger partial charge in [0.05, 0.1) is 25.3 Å². The molecule has 0 bridgehead atoms. The lowest BCUT2D eigenvalue weighted by atomic mass is 10.1. The number of piperazine rings is 1. The fraction of sp³-hybridized carbons (Fsp3) is 0.286. The molecule has 180 valence electrons. The SMILES string of the molecule is COc1ccc2c(c1)C(N1CCN(C(=O)c3ccccc3OC)C(C)C1)=Nc1ccc(C)cc1O2. The Labute approximate surface area is 205 Å². The number of carbonyl (C=O) groups is 1. The van der Waals surface area contributed by atoms with Crippen molar-refractivity contribution in [2.45, 2.75) is 19.9 Å². The second kappa shape index (κ2) is 9.33. The third-order valence-corrected chi connectivity index (χ3v) is 6.51. The zero-order valence-corrected chi connectivity index (χ0v) is 20.4. The number of carbonyl (C=O) groups excluding carboxylic acids is 1. The van der Waals surface area contributed by atoms with Gasteiger partial charge in [0.1, 0.15) is 28.8 Å². The van der Waals surface area contributed by atoms with Gasteiger partial charge in [0.25, 0.3) is 5.91 Å². The zero-order valence-electron chi connectivity index (χ0n) is 20.4. The van der Waals surface area contributed by atoms with Crippen LogP contribution in [-0.2, 0) is 0 Å². The first-order chi connectivity index (χ1) is 17.0. The lowest BCUT2D eigenvalue weighted by Gasteiger charge is -2.41. The molecular weight excluding hydrogens is 442 g/mol. The second-order valence-electron chi connectivity index (χ2n) is 8.86. The molecular formula is C28H29N3O4. The van der Waals surface area contributed by atoms with Gasteiger partial charge in [-0.25, -0.2) is 4.99 Å². The summed E-state index contributed by atoms with van der Waals surface area (Å²) in [5.74, 6) is 3.57. The predicted molar refractivity (Wildman–Crippen MR) is 136 cm³/mol. The maximum absolute atomic E-state index is 13.4. The molecule has 1 saturated heterocycles. The highest BCUT2D eigenvalue weighted by atomic mass is 16.5. The molecule has 7 nitrogen and oxygen atoms in total. The molecule has 3 aromatic carbocycles. The van der Waals surface area contributed by atoms with E-state index in [1.54, 1.807) is 14.2 Å². The van der Waals surface area contributed by atoms with Crippen molar-refractivity contribution >= 4 is 17.4 Å². The van der Waals surface area contributed by atoms with E-state index in [1.807, 2.05) is 72.5 Å². The molecule has 1 fully saturated rings. The monoisotopic (exact) mass is 471 g/mol. The summed E-state index contributed by atoms with van der Waals surface area (Å²) in [6.45, 7) is 5.95. The maximum Gasteiger partial charge on any atom is 0.257 e. The van der Waals surface area contributed by atoms with E-state index in [4.69, 9.17) is 19.2 Å². The summed E-state index contributed by atoms with van der Waals surface area (Å²) in [6.07, 6.45) is 0. The molecule has 5 rings (SSSR count). The number of amidine groups is 1. The average Bonchev–Trinajstić information content (AvgIpc) is 3.04. The van der Waals surface area contributed by atoms with Crippen LogP contribution < -0.4 is 14.2 Å². The highest BCUT2D eigenvalue weighted by molar-refractivity contribution is 6.04. The molecule has 0 radical (unpaired) electrons. The molecule has 2 heterocycles. The molecule has 1 amide bonds. The van der Waals surface area contributed by atoms with Gasteiger partial charge in [-0.3, -0.25) is 4.79 Å². The Morgan fingerprint density at radius 3 is 2.60 bits per heavy atom. The van der Waals surface area contributed by atoms with E-state index in [-0.39, 0.29) is 11.9 Å². The van der Waals surface area contributed by atoms with Crippen molar-refractivity contribution in [1.82, 2.24) is 9.80 Å². The molecule has 2 aliphatic heterocycles. The van der Waals surface area contributed by atoms with Gasteiger partial charge in [0, 0.05) is 25.7 Å². The summed E-state index contributed by atoms with van der Waals surface area (Å²) in [5.41, 5.74) is 3.33. The third kappa shape index (κ3) is 4.30. The van der Waals surface area contributed by atoms with Gasteiger partial charge in [-0.05, 0) is 61.9 Å². The molecule has 2 aliphatic rings. The zero-order chi connectivity index (χ0) is 24.5. The van der Waals surface area contributed by atoms with E-state index >= 15 is 0 Å². The smallest absolute Gasteiger partial charge is 0.257 e. The minimum atomic E-state index is -0.0282. The van der Waals surface area contributed by atoms with Crippen LogP contribution in [0.4, 0.5) is 5.69 Å². The number of aryl methyl sites for hydroxylation is 1. The van der Waals surface area contributed by atoms with Crippen molar-refractivity contribution < 1.29 is 19.0 Å². The fourth-order valence-corrected chi connectivity index (χ4v) is 4.66. The number of nitrogens with zero attached hydrogens (tertiary/aromatic N) is 3. The number of ether oxygens (including phenoxy) is 3. The summed E-state index contributed by atoms with van der Waals surface area (Å²) in [6, 6.07) is 19.1. The van der Waals surface area contributed by atoms with Gasteiger partial charge in [-0.1, -0.05) is 18.2 Å². The van der Waals surface area contributed by atoms with E-state index in [2.05, 4.69) is 11.8 Å². The highest BCUT2D eigenvalue weighted by Crippen LogP contribution is 2.40. The Hall–Kier alpha value is -4.00. The van der Waals surface area contributed by atoms with E-state index < -0.39 is 0 Å². The Bertz CT molecular complexity index is 1300. The van der Waals surface area contributed by atoms with Crippen LogP contribution in [0.1, 0.15) is 28.4 Å². The Kier molecular flexibility index (Phi) is 6.07. The lowest BCUT2D eigenvalue weighted by molar-refractivity contribution is 0.0578.